The maximum Gasteiger partial charge on any atom is 0.387 e. The smallest absolute Gasteiger partial charge is 0.387 e. The minimum absolute atomic E-state index is 0.00577. The molecule has 0 unspecified atom stereocenters. The number of hydrogen-bond donors (Lipinski definition) is 1. The second-order valence-electron chi connectivity index (χ2n) is 6.44. The van der Waals surface area contributed by atoms with Gasteiger partial charge in [-0.05, 0) is 61.5 Å². The van der Waals surface area contributed by atoms with E-state index in [0.29, 0.717) is 28.0 Å². The highest BCUT2D eigenvalue weighted by molar-refractivity contribution is 6.04. The van der Waals surface area contributed by atoms with Crippen molar-refractivity contribution < 1.29 is 27.8 Å². The molecular formula is C21H14F3N3O3. The van der Waals surface area contributed by atoms with Crippen molar-refractivity contribution >= 4 is 17.0 Å². The van der Waals surface area contributed by atoms with Gasteiger partial charge < -0.3 is 9.84 Å². The molecule has 0 atom stereocenters. The van der Waals surface area contributed by atoms with E-state index in [0.717, 1.165) is 0 Å². The van der Waals surface area contributed by atoms with Gasteiger partial charge >= 0.3 is 12.6 Å². The van der Waals surface area contributed by atoms with Gasteiger partial charge in [0.1, 0.15) is 11.6 Å². The number of carboxylic acids is 1. The van der Waals surface area contributed by atoms with Gasteiger partial charge in [-0.3, -0.25) is 0 Å². The fourth-order valence-electron chi connectivity index (χ4n) is 3.17. The number of ether oxygens (including phenoxy) is 1. The Balaban J connectivity index is 1.90. The van der Waals surface area contributed by atoms with Crippen LogP contribution in [0.2, 0.25) is 0 Å². The van der Waals surface area contributed by atoms with Crippen LogP contribution in [0.5, 0.6) is 5.75 Å². The number of halogens is 3. The molecule has 0 fully saturated rings. The van der Waals surface area contributed by atoms with Crippen molar-refractivity contribution in [2.24, 2.45) is 0 Å². The summed E-state index contributed by atoms with van der Waals surface area (Å²) in [4.78, 5) is 16.5. The van der Waals surface area contributed by atoms with E-state index in [9.17, 15) is 23.1 Å². The number of nitrogens with zero attached hydrogens (tertiary/aromatic N) is 3. The maximum absolute atomic E-state index is 13.3. The molecular weight excluding hydrogens is 399 g/mol. The van der Waals surface area contributed by atoms with E-state index in [-0.39, 0.29) is 17.0 Å². The van der Waals surface area contributed by atoms with Crippen LogP contribution in [-0.4, -0.2) is 32.5 Å². The summed E-state index contributed by atoms with van der Waals surface area (Å²) in [5.41, 5.74) is 2.05. The summed E-state index contributed by atoms with van der Waals surface area (Å²) < 4.78 is 43.8. The van der Waals surface area contributed by atoms with Gasteiger partial charge in [0.05, 0.1) is 28.0 Å². The first kappa shape index (κ1) is 19.4. The number of carbonyl (C=O) groups is 1. The number of aromatic nitrogens is 3. The van der Waals surface area contributed by atoms with Crippen molar-refractivity contribution in [3.63, 3.8) is 0 Å². The molecule has 6 nitrogen and oxygen atoms in total. The molecule has 0 aliphatic rings. The van der Waals surface area contributed by atoms with Crippen molar-refractivity contribution in [2.45, 2.75) is 13.5 Å². The Hall–Kier alpha value is -3.88. The average molecular weight is 413 g/mol. The van der Waals surface area contributed by atoms with Gasteiger partial charge in [0.25, 0.3) is 0 Å². The van der Waals surface area contributed by atoms with Crippen LogP contribution in [0.15, 0.2) is 54.6 Å². The first-order valence-corrected chi connectivity index (χ1v) is 8.78. The van der Waals surface area contributed by atoms with Crippen LogP contribution in [0.4, 0.5) is 13.2 Å². The number of pyridine rings is 1. The van der Waals surface area contributed by atoms with Crippen LogP contribution in [0, 0.1) is 12.7 Å². The lowest BCUT2D eigenvalue weighted by Crippen LogP contribution is -2.03. The molecule has 0 amide bonds. The summed E-state index contributed by atoms with van der Waals surface area (Å²) in [6.45, 7) is -1.29. The minimum Gasteiger partial charge on any atom is -0.478 e. The molecule has 1 N–H and O–H groups in total. The molecule has 0 bridgehead atoms. The number of hydrogen-bond acceptors (Lipinski definition) is 4. The Kier molecular flexibility index (Phi) is 4.86. The number of alkyl halides is 2. The van der Waals surface area contributed by atoms with Gasteiger partial charge in [0.15, 0.2) is 5.65 Å². The van der Waals surface area contributed by atoms with Gasteiger partial charge in [-0.1, -0.05) is 0 Å². The summed E-state index contributed by atoms with van der Waals surface area (Å²) in [5.74, 6) is -1.61. The lowest BCUT2D eigenvalue weighted by Gasteiger charge is -2.08. The Morgan fingerprint density at radius 1 is 1.10 bits per heavy atom. The topological polar surface area (TPSA) is 77.2 Å². The molecule has 152 valence electrons. The van der Waals surface area contributed by atoms with E-state index >= 15 is 0 Å². The summed E-state index contributed by atoms with van der Waals surface area (Å²) >= 11 is 0. The van der Waals surface area contributed by atoms with Crippen molar-refractivity contribution in [3.8, 4) is 22.7 Å². The zero-order valence-corrected chi connectivity index (χ0v) is 15.5. The molecule has 0 spiro atoms. The molecule has 0 aliphatic heterocycles. The lowest BCUT2D eigenvalue weighted by atomic mass is 10.1. The second kappa shape index (κ2) is 7.51. The Labute approximate surface area is 168 Å². The zero-order chi connectivity index (χ0) is 21.4. The van der Waals surface area contributed by atoms with Crippen molar-refractivity contribution in [3.05, 3.63) is 71.7 Å². The largest absolute Gasteiger partial charge is 0.478 e. The predicted octanol–water partition coefficient (Wildman–Crippen LogP) is 4.83. The quantitative estimate of drug-likeness (QED) is 0.507. The van der Waals surface area contributed by atoms with Crippen LogP contribution in [0.1, 0.15) is 16.1 Å². The zero-order valence-electron chi connectivity index (χ0n) is 15.5. The normalized spacial score (nSPS) is 11.2. The summed E-state index contributed by atoms with van der Waals surface area (Å²) in [6.07, 6.45) is 0. The highest BCUT2D eigenvalue weighted by Gasteiger charge is 2.20. The van der Waals surface area contributed by atoms with Gasteiger partial charge in [0.2, 0.25) is 0 Å². The number of rotatable bonds is 5. The molecule has 4 rings (SSSR count). The van der Waals surface area contributed by atoms with E-state index in [1.165, 1.54) is 59.3 Å². The van der Waals surface area contributed by atoms with Crippen molar-refractivity contribution in [1.29, 1.82) is 0 Å². The number of aromatic carboxylic acids is 1. The monoisotopic (exact) mass is 413 g/mol. The third kappa shape index (κ3) is 3.57. The maximum atomic E-state index is 13.3. The number of fused-ring (bicyclic) bond motifs is 1. The van der Waals surface area contributed by atoms with Crippen LogP contribution in [0.25, 0.3) is 28.0 Å². The number of benzene rings is 2. The van der Waals surface area contributed by atoms with Crippen molar-refractivity contribution in [1.82, 2.24) is 14.8 Å². The SMILES string of the molecule is Cc1nn(-c2ccc(F)cc2)c2nc(-c3ccc(OC(F)F)cc3)cc(C(=O)O)c12. The summed E-state index contributed by atoms with van der Waals surface area (Å²) in [6, 6.07) is 12.6. The van der Waals surface area contributed by atoms with Gasteiger partial charge in [-0.25, -0.2) is 18.9 Å². The first-order valence-electron chi connectivity index (χ1n) is 8.78. The molecule has 0 saturated heterocycles. The molecule has 0 saturated carbocycles. The Morgan fingerprint density at radius 2 is 1.77 bits per heavy atom. The van der Waals surface area contributed by atoms with Crippen LogP contribution in [0.3, 0.4) is 0 Å². The van der Waals surface area contributed by atoms with E-state index in [1.807, 2.05) is 0 Å². The minimum atomic E-state index is -2.95. The number of carboxylic acid groups (broad SMARTS) is 1. The van der Waals surface area contributed by atoms with Crippen LogP contribution >= 0.6 is 0 Å². The van der Waals surface area contributed by atoms with E-state index in [1.54, 1.807) is 6.92 Å². The second-order valence-corrected chi connectivity index (χ2v) is 6.44. The van der Waals surface area contributed by atoms with E-state index < -0.39 is 18.4 Å². The van der Waals surface area contributed by atoms with Crippen LogP contribution < -0.4 is 4.74 Å². The molecule has 2 heterocycles. The molecule has 4 aromatic rings. The fraction of sp³-hybridized carbons (Fsp3) is 0.0952. The summed E-state index contributed by atoms with van der Waals surface area (Å²) in [5, 5.41) is 14.5. The van der Waals surface area contributed by atoms with Crippen molar-refractivity contribution in [2.75, 3.05) is 0 Å². The lowest BCUT2D eigenvalue weighted by molar-refractivity contribution is -0.0498. The molecule has 0 radical (unpaired) electrons. The Bertz CT molecular complexity index is 1240. The molecule has 2 aromatic carbocycles. The third-order valence-corrected chi connectivity index (χ3v) is 4.49. The molecule has 30 heavy (non-hydrogen) atoms. The van der Waals surface area contributed by atoms with E-state index in [4.69, 9.17) is 0 Å². The third-order valence-electron chi connectivity index (χ3n) is 4.49. The first-order chi connectivity index (χ1) is 14.3. The van der Waals surface area contributed by atoms with Crippen LogP contribution in [-0.2, 0) is 0 Å². The molecule has 2 aromatic heterocycles. The van der Waals surface area contributed by atoms with Gasteiger partial charge in [-0.2, -0.15) is 13.9 Å². The van der Waals surface area contributed by atoms with E-state index in [2.05, 4.69) is 14.8 Å². The standard InChI is InChI=1S/C21H14F3N3O3/c1-11-18-16(20(28)29)10-17(12-2-8-15(9-3-12)30-21(23)24)25-19(18)27(26-11)14-6-4-13(22)5-7-14/h2-10,21H,1H3,(H,28,29). The highest BCUT2D eigenvalue weighted by Crippen LogP contribution is 2.30. The predicted molar refractivity (Wildman–Crippen MR) is 103 cm³/mol. The highest BCUT2D eigenvalue weighted by atomic mass is 19.3. The van der Waals surface area contributed by atoms with Gasteiger partial charge in [-0.15, -0.1) is 0 Å². The van der Waals surface area contributed by atoms with Gasteiger partial charge in [0, 0.05) is 5.56 Å². The average Bonchev–Trinajstić information content (AvgIpc) is 3.04. The number of aryl methyl sites for hydroxylation is 1. The molecule has 0 aliphatic carbocycles. The Morgan fingerprint density at radius 3 is 2.37 bits per heavy atom. The summed E-state index contributed by atoms with van der Waals surface area (Å²) in [7, 11) is 0. The molecule has 9 heteroatoms. The fourth-order valence-corrected chi connectivity index (χ4v) is 3.17.